The minimum atomic E-state index is -0.550. The van der Waals surface area contributed by atoms with Crippen LogP contribution in [0.15, 0.2) is 11.6 Å². The van der Waals surface area contributed by atoms with Crippen LogP contribution in [0.2, 0.25) is 0 Å². The lowest BCUT2D eigenvalue weighted by Gasteiger charge is -2.09. The van der Waals surface area contributed by atoms with Crippen molar-refractivity contribution in [3.8, 4) is 0 Å². The molecule has 0 aliphatic rings. The van der Waals surface area contributed by atoms with E-state index in [4.69, 9.17) is 0 Å². The Kier molecular flexibility index (Phi) is 8.54. The zero-order chi connectivity index (χ0) is 10.8. The van der Waals surface area contributed by atoms with Gasteiger partial charge in [0.05, 0.1) is 6.10 Å². The Hall–Kier alpha value is -0.630. The van der Waals surface area contributed by atoms with Gasteiger partial charge in [-0.05, 0) is 12.8 Å². The van der Waals surface area contributed by atoms with Gasteiger partial charge in [-0.25, -0.2) is 0 Å². The SMILES string of the molecule is CCCC=C(C=O)C(O)CCCCC. The van der Waals surface area contributed by atoms with Crippen LogP contribution in [0, 0.1) is 0 Å². The first kappa shape index (κ1) is 13.4. The van der Waals surface area contributed by atoms with Crippen LogP contribution in [0.1, 0.15) is 52.4 Å². The third-order valence-corrected chi connectivity index (χ3v) is 2.27. The van der Waals surface area contributed by atoms with E-state index in [1.165, 1.54) is 0 Å². The van der Waals surface area contributed by atoms with Crippen molar-refractivity contribution in [3.05, 3.63) is 11.6 Å². The molecule has 0 amide bonds. The first-order chi connectivity index (χ1) is 6.76. The number of aliphatic hydroxyl groups excluding tert-OH is 1. The number of rotatable bonds is 8. The maximum atomic E-state index is 10.7. The van der Waals surface area contributed by atoms with Crippen molar-refractivity contribution in [2.75, 3.05) is 0 Å². The minimum Gasteiger partial charge on any atom is -0.388 e. The Morgan fingerprint density at radius 1 is 1.29 bits per heavy atom. The van der Waals surface area contributed by atoms with E-state index in [9.17, 15) is 9.90 Å². The van der Waals surface area contributed by atoms with Gasteiger partial charge < -0.3 is 5.11 Å². The summed E-state index contributed by atoms with van der Waals surface area (Å²) in [7, 11) is 0. The first-order valence-electron chi connectivity index (χ1n) is 5.59. The molecular weight excluding hydrogens is 176 g/mol. The molecule has 14 heavy (non-hydrogen) atoms. The molecule has 0 aliphatic carbocycles. The monoisotopic (exact) mass is 198 g/mol. The molecule has 82 valence electrons. The van der Waals surface area contributed by atoms with Gasteiger partial charge >= 0.3 is 0 Å². The second-order valence-corrected chi connectivity index (χ2v) is 3.62. The third-order valence-electron chi connectivity index (χ3n) is 2.27. The summed E-state index contributed by atoms with van der Waals surface area (Å²) in [5.41, 5.74) is 0.558. The number of unbranched alkanes of at least 4 members (excludes halogenated alkanes) is 3. The van der Waals surface area contributed by atoms with Crippen LogP contribution in [0.3, 0.4) is 0 Å². The second-order valence-electron chi connectivity index (χ2n) is 3.62. The maximum Gasteiger partial charge on any atom is 0.148 e. The lowest BCUT2D eigenvalue weighted by atomic mass is 10.0. The van der Waals surface area contributed by atoms with Crippen LogP contribution >= 0.6 is 0 Å². The number of allylic oxidation sites excluding steroid dienone is 1. The van der Waals surface area contributed by atoms with Gasteiger partial charge in [-0.15, -0.1) is 0 Å². The summed E-state index contributed by atoms with van der Waals surface area (Å²) < 4.78 is 0. The van der Waals surface area contributed by atoms with Crippen LogP contribution < -0.4 is 0 Å². The maximum absolute atomic E-state index is 10.7. The van der Waals surface area contributed by atoms with Gasteiger partial charge in [-0.3, -0.25) is 4.79 Å². The Morgan fingerprint density at radius 2 is 2.00 bits per heavy atom. The Labute approximate surface area is 87.0 Å². The Morgan fingerprint density at radius 3 is 2.50 bits per heavy atom. The van der Waals surface area contributed by atoms with Crippen LogP contribution in [0.5, 0.6) is 0 Å². The van der Waals surface area contributed by atoms with Gasteiger partial charge in [-0.1, -0.05) is 45.6 Å². The van der Waals surface area contributed by atoms with Crippen molar-refractivity contribution in [2.24, 2.45) is 0 Å². The molecule has 0 aromatic rings. The average Bonchev–Trinajstić information content (AvgIpc) is 2.19. The van der Waals surface area contributed by atoms with Crippen molar-refractivity contribution in [1.29, 1.82) is 0 Å². The topological polar surface area (TPSA) is 37.3 Å². The molecule has 1 N–H and O–H groups in total. The molecule has 2 heteroatoms. The molecule has 0 radical (unpaired) electrons. The summed E-state index contributed by atoms with van der Waals surface area (Å²) in [6.07, 6.45) is 7.94. The van der Waals surface area contributed by atoms with Gasteiger partial charge in [0.1, 0.15) is 6.29 Å². The highest BCUT2D eigenvalue weighted by Gasteiger charge is 2.08. The fraction of sp³-hybridized carbons (Fsp3) is 0.750. The predicted octanol–water partition coefficient (Wildman–Crippen LogP) is 2.85. The van der Waals surface area contributed by atoms with Crippen molar-refractivity contribution in [2.45, 2.75) is 58.5 Å². The highest BCUT2D eigenvalue weighted by Crippen LogP contribution is 2.10. The van der Waals surface area contributed by atoms with E-state index < -0.39 is 6.10 Å². The number of aldehydes is 1. The first-order valence-corrected chi connectivity index (χ1v) is 5.59. The number of hydrogen-bond donors (Lipinski definition) is 1. The largest absolute Gasteiger partial charge is 0.388 e. The third kappa shape index (κ3) is 5.92. The van der Waals surface area contributed by atoms with Crippen LogP contribution in [-0.2, 0) is 4.79 Å². The molecule has 0 fully saturated rings. The number of hydrogen-bond acceptors (Lipinski definition) is 2. The summed E-state index contributed by atoms with van der Waals surface area (Å²) in [5, 5.41) is 9.66. The molecule has 0 rings (SSSR count). The molecule has 0 aliphatic heterocycles. The molecular formula is C12H22O2. The molecule has 0 spiro atoms. The van der Waals surface area contributed by atoms with Crippen molar-refractivity contribution >= 4 is 6.29 Å². The van der Waals surface area contributed by atoms with E-state index in [0.29, 0.717) is 12.0 Å². The lowest BCUT2D eigenvalue weighted by molar-refractivity contribution is -0.105. The van der Waals surface area contributed by atoms with Crippen LogP contribution in [0.4, 0.5) is 0 Å². The van der Waals surface area contributed by atoms with Crippen molar-refractivity contribution in [1.82, 2.24) is 0 Å². The normalized spacial score (nSPS) is 14.1. The van der Waals surface area contributed by atoms with E-state index in [0.717, 1.165) is 38.4 Å². The molecule has 0 aromatic heterocycles. The number of carbonyl (C=O) groups excluding carboxylic acids is 1. The molecule has 0 heterocycles. The summed E-state index contributed by atoms with van der Waals surface area (Å²) >= 11 is 0. The second kappa shape index (κ2) is 8.95. The van der Waals surface area contributed by atoms with Gasteiger partial charge in [0.2, 0.25) is 0 Å². The summed E-state index contributed by atoms with van der Waals surface area (Å²) in [6.45, 7) is 4.18. The quantitative estimate of drug-likeness (QED) is 0.370. The van der Waals surface area contributed by atoms with Gasteiger partial charge in [0.15, 0.2) is 0 Å². The van der Waals surface area contributed by atoms with Gasteiger partial charge in [0.25, 0.3) is 0 Å². The Bertz CT molecular complexity index is 173. The molecule has 1 unspecified atom stereocenters. The lowest BCUT2D eigenvalue weighted by Crippen LogP contribution is -2.11. The molecule has 2 nitrogen and oxygen atoms in total. The van der Waals surface area contributed by atoms with Gasteiger partial charge in [-0.2, -0.15) is 0 Å². The molecule has 0 bridgehead atoms. The zero-order valence-electron chi connectivity index (χ0n) is 9.33. The van der Waals surface area contributed by atoms with E-state index >= 15 is 0 Å². The highest BCUT2D eigenvalue weighted by molar-refractivity contribution is 5.74. The van der Waals surface area contributed by atoms with E-state index in [1.807, 2.05) is 6.08 Å². The van der Waals surface area contributed by atoms with E-state index in [-0.39, 0.29) is 0 Å². The smallest absolute Gasteiger partial charge is 0.148 e. The van der Waals surface area contributed by atoms with Crippen molar-refractivity contribution in [3.63, 3.8) is 0 Å². The van der Waals surface area contributed by atoms with Crippen molar-refractivity contribution < 1.29 is 9.90 Å². The number of aliphatic hydroxyl groups is 1. The van der Waals surface area contributed by atoms with Crippen LogP contribution in [-0.4, -0.2) is 17.5 Å². The van der Waals surface area contributed by atoms with Gasteiger partial charge in [0, 0.05) is 5.57 Å². The predicted molar refractivity (Wildman–Crippen MR) is 59.2 cm³/mol. The zero-order valence-corrected chi connectivity index (χ0v) is 9.33. The average molecular weight is 198 g/mol. The fourth-order valence-electron chi connectivity index (χ4n) is 1.33. The number of carbonyl (C=O) groups is 1. The summed E-state index contributed by atoms with van der Waals surface area (Å²) in [4.78, 5) is 10.7. The molecule has 0 aromatic carbocycles. The Balaban J connectivity index is 3.90. The van der Waals surface area contributed by atoms with Crippen LogP contribution in [0.25, 0.3) is 0 Å². The van der Waals surface area contributed by atoms with E-state index in [1.54, 1.807) is 0 Å². The highest BCUT2D eigenvalue weighted by atomic mass is 16.3. The fourth-order valence-corrected chi connectivity index (χ4v) is 1.33. The molecule has 0 saturated heterocycles. The van der Waals surface area contributed by atoms with E-state index in [2.05, 4.69) is 13.8 Å². The molecule has 0 saturated carbocycles. The summed E-state index contributed by atoms with van der Waals surface area (Å²) in [5.74, 6) is 0. The molecule has 1 atom stereocenters. The standard InChI is InChI=1S/C12H22O2/c1-3-5-7-9-12(14)11(10-13)8-6-4-2/h8,10,12,14H,3-7,9H2,1-2H3. The minimum absolute atomic E-state index is 0.550. The summed E-state index contributed by atoms with van der Waals surface area (Å²) in [6, 6.07) is 0.